The van der Waals surface area contributed by atoms with Crippen molar-refractivity contribution in [3.8, 4) is 0 Å². The Morgan fingerprint density at radius 3 is 2.48 bits per heavy atom. The monoisotopic (exact) mass is 313 g/mol. The van der Waals surface area contributed by atoms with E-state index in [1.165, 1.54) is 6.20 Å². The number of aromatic amines is 1. The third-order valence-electron chi connectivity index (χ3n) is 4.59. The molecule has 0 radical (unpaired) electrons. The molecule has 23 heavy (non-hydrogen) atoms. The number of hydrogen-bond donors (Lipinski definition) is 2. The summed E-state index contributed by atoms with van der Waals surface area (Å²) in [6, 6.07) is 9.66. The summed E-state index contributed by atoms with van der Waals surface area (Å²) in [5.74, 6) is -0.880. The highest BCUT2D eigenvalue weighted by atomic mass is 16.4. The average Bonchev–Trinajstić information content (AvgIpc) is 3.10. The first-order valence-electron chi connectivity index (χ1n) is 7.66. The van der Waals surface area contributed by atoms with Gasteiger partial charge in [-0.25, -0.2) is 0 Å². The maximum atomic E-state index is 12.3. The lowest BCUT2D eigenvalue weighted by molar-refractivity contribution is -0.151. The van der Waals surface area contributed by atoms with Gasteiger partial charge in [0.2, 0.25) is 0 Å². The molecule has 120 valence electrons. The molecule has 1 fully saturated rings. The molecule has 1 aromatic heterocycles. The van der Waals surface area contributed by atoms with Gasteiger partial charge in [0.15, 0.2) is 0 Å². The number of hydrogen-bond acceptors (Lipinski definition) is 3. The number of piperidine rings is 1. The van der Waals surface area contributed by atoms with Gasteiger partial charge in [-0.3, -0.25) is 14.7 Å². The zero-order chi connectivity index (χ0) is 16.3. The van der Waals surface area contributed by atoms with Gasteiger partial charge >= 0.3 is 5.97 Å². The number of benzene rings is 1. The molecule has 0 atom stereocenters. The molecule has 1 aromatic carbocycles. The number of carbonyl (C=O) groups is 2. The highest BCUT2D eigenvalue weighted by molar-refractivity contribution is 5.93. The van der Waals surface area contributed by atoms with E-state index in [-0.39, 0.29) is 5.91 Å². The molecule has 1 saturated heterocycles. The van der Waals surface area contributed by atoms with Gasteiger partial charge in [0.1, 0.15) is 0 Å². The Morgan fingerprint density at radius 2 is 1.91 bits per heavy atom. The number of amides is 1. The van der Waals surface area contributed by atoms with Gasteiger partial charge in [-0.05, 0) is 24.8 Å². The molecule has 3 rings (SSSR count). The van der Waals surface area contributed by atoms with Crippen LogP contribution in [0.2, 0.25) is 0 Å². The van der Waals surface area contributed by atoms with Crippen molar-refractivity contribution >= 4 is 11.9 Å². The molecule has 1 amide bonds. The van der Waals surface area contributed by atoms with Crippen LogP contribution in [0.4, 0.5) is 0 Å². The van der Waals surface area contributed by atoms with Crippen LogP contribution >= 0.6 is 0 Å². The Bertz CT molecular complexity index is 674. The summed E-state index contributed by atoms with van der Waals surface area (Å²) in [6.45, 7) is 0.895. The van der Waals surface area contributed by atoms with Gasteiger partial charge in [0.25, 0.3) is 5.91 Å². The summed E-state index contributed by atoms with van der Waals surface area (Å²) in [7, 11) is 0. The Balaban J connectivity index is 1.71. The molecule has 6 nitrogen and oxygen atoms in total. The van der Waals surface area contributed by atoms with Crippen molar-refractivity contribution in [3.05, 3.63) is 53.9 Å². The first kappa shape index (κ1) is 15.3. The van der Waals surface area contributed by atoms with Crippen LogP contribution in [-0.4, -0.2) is 45.2 Å². The number of carboxylic acid groups (broad SMARTS) is 1. The van der Waals surface area contributed by atoms with Crippen LogP contribution in [0.15, 0.2) is 42.7 Å². The molecule has 1 aliphatic rings. The van der Waals surface area contributed by atoms with E-state index in [0.29, 0.717) is 37.9 Å². The minimum absolute atomic E-state index is 0.0996. The minimum Gasteiger partial charge on any atom is -0.481 e. The highest BCUT2D eigenvalue weighted by Gasteiger charge is 2.42. The van der Waals surface area contributed by atoms with Gasteiger partial charge in [-0.15, -0.1) is 0 Å². The smallest absolute Gasteiger partial charge is 0.310 e. The molecule has 6 heteroatoms. The molecule has 2 N–H and O–H groups in total. The molecule has 2 heterocycles. The second kappa shape index (κ2) is 6.24. The van der Waals surface area contributed by atoms with Crippen LogP contribution in [0.5, 0.6) is 0 Å². The summed E-state index contributed by atoms with van der Waals surface area (Å²) < 4.78 is 0. The largest absolute Gasteiger partial charge is 0.481 e. The van der Waals surface area contributed by atoms with Gasteiger partial charge in [0.05, 0.1) is 17.2 Å². The molecule has 0 aliphatic carbocycles. The van der Waals surface area contributed by atoms with Gasteiger partial charge in [-0.2, -0.15) is 5.10 Å². The van der Waals surface area contributed by atoms with Gasteiger partial charge < -0.3 is 10.0 Å². The Morgan fingerprint density at radius 1 is 1.22 bits per heavy atom. The fourth-order valence-corrected chi connectivity index (χ4v) is 3.14. The van der Waals surface area contributed by atoms with Crippen molar-refractivity contribution < 1.29 is 14.7 Å². The number of H-pyrrole nitrogens is 1. The Kier molecular flexibility index (Phi) is 4.14. The van der Waals surface area contributed by atoms with Gasteiger partial charge in [-0.1, -0.05) is 30.3 Å². The van der Waals surface area contributed by atoms with E-state index < -0.39 is 11.4 Å². The number of carbonyl (C=O) groups excluding carboxylic acids is 1. The molecule has 0 bridgehead atoms. The van der Waals surface area contributed by atoms with Crippen LogP contribution < -0.4 is 0 Å². The predicted molar refractivity (Wildman–Crippen MR) is 83.9 cm³/mol. The van der Waals surface area contributed by atoms with Gasteiger partial charge in [0, 0.05) is 19.3 Å². The number of nitrogens with zero attached hydrogens (tertiary/aromatic N) is 2. The van der Waals surface area contributed by atoms with Crippen LogP contribution in [0.25, 0.3) is 0 Å². The van der Waals surface area contributed by atoms with Crippen molar-refractivity contribution in [2.45, 2.75) is 19.3 Å². The molecule has 0 saturated carbocycles. The van der Waals surface area contributed by atoms with E-state index in [0.717, 1.165) is 5.56 Å². The molecular weight excluding hydrogens is 294 g/mol. The minimum atomic E-state index is -0.797. The second-order valence-corrected chi connectivity index (χ2v) is 6.03. The Hall–Kier alpha value is -2.63. The lowest BCUT2D eigenvalue weighted by Gasteiger charge is -2.39. The first-order valence-corrected chi connectivity index (χ1v) is 7.66. The molecule has 1 aliphatic heterocycles. The maximum Gasteiger partial charge on any atom is 0.310 e. The highest BCUT2D eigenvalue weighted by Crippen LogP contribution is 2.36. The second-order valence-electron chi connectivity index (χ2n) is 6.03. The molecule has 2 aromatic rings. The SMILES string of the molecule is O=C(c1cn[nH]c1)N1CCC(Cc2ccccc2)(C(=O)O)CC1. The van der Waals surface area contributed by atoms with E-state index >= 15 is 0 Å². The van der Waals surface area contributed by atoms with E-state index in [9.17, 15) is 14.7 Å². The first-order chi connectivity index (χ1) is 11.1. The normalized spacial score (nSPS) is 17.0. The van der Waals surface area contributed by atoms with Crippen molar-refractivity contribution in [1.82, 2.24) is 15.1 Å². The predicted octanol–water partition coefficient (Wildman–Crippen LogP) is 1.96. The van der Waals surface area contributed by atoms with E-state index in [1.807, 2.05) is 30.3 Å². The lowest BCUT2D eigenvalue weighted by atomic mass is 9.73. The van der Waals surface area contributed by atoms with Crippen LogP contribution in [-0.2, 0) is 11.2 Å². The van der Waals surface area contributed by atoms with Crippen LogP contribution in [0.3, 0.4) is 0 Å². The van der Waals surface area contributed by atoms with Crippen molar-refractivity contribution in [2.24, 2.45) is 5.41 Å². The number of aliphatic carboxylic acids is 1. The number of rotatable bonds is 4. The number of aromatic nitrogens is 2. The van der Waals surface area contributed by atoms with Crippen molar-refractivity contribution in [3.63, 3.8) is 0 Å². The fraction of sp³-hybridized carbons (Fsp3) is 0.353. The standard InChI is InChI=1S/C17H19N3O3/c21-15(14-11-18-19-12-14)20-8-6-17(7-9-20,16(22)23)10-13-4-2-1-3-5-13/h1-5,11-12H,6-10H2,(H,18,19)(H,22,23). The zero-order valence-electron chi connectivity index (χ0n) is 12.7. The summed E-state index contributed by atoms with van der Waals surface area (Å²) in [5, 5.41) is 16.1. The quantitative estimate of drug-likeness (QED) is 0.903. The van der Waals surface area contributed by atoms with E-state index in [1.54, 1.807) is 11.1 Å². The number of likely N-dealkylation sites (tertiary alicyclic amines) is 1. The molecular formula is C17H19N3O3. The van der Waals surface area contributed by atoms with Crippen LogP contribution in [0.1, 0.15) is 28.8 Å². The third-order valence-corrected chi connectivity index (χ3v) is 4.59. The summed E-state index contributed by atoms with van der Waals surface area (Å²) in [6.07, 6.45) is 4.47. The lowest BCUT2D eigenvalue weighted by Crippen LogP contribution is -2.47. The summed E-state index contributed by atoms with van der Waals surface area (Å²) in [4.78, 5) is 25.9. The molecule has 0 spiro atoms. The number of carboxylic acids is 1. The van der Waals surface area contributed by atoms with E-state index in [2.05, 4.69) is 10.2 Å². The fourth-order valence-electron chi connectivity index (χ4n) is 3.14. The van der Waals surface area contributed by atoms with Crippen LogP contribution in [0, 0.1) is 5.41 Å². The summed E-state index contributed by atoms with van der Waals surface area (Å²) in [5.41, 5.74) is 0.731. The van der Waals surface area contributed by atoms with E-state index in [4.69, 9.17) is 0 Å². The average molecular weight is 313 g/mol. The van der Waals surface area contributed by atoms with Crippen molar-refractivity contribution in [2.75, 3.05) is 13.1 Å². The number of nitrogens with one attached hydrogen (secondary N) is 1. The van der Waals surface area contributed by atoms with Crippen molar-refractivity contribution in [1.29, 1.82) is 0 Å². The molecule has 0 unspecified atom stereocenters. The topological polar surface area (TPSA) is 86.3 Å². The Labute approximate surface area is 134 Å². The summed E-state index contributed by atoms with van der Waals surface area (Å²) >= 11 is 0. The third kappa shape index (κ3) is 3.11. The zero-order valence-corrected chi connectivity index (χ0v) is 12.7. The maximum absolute atomic E-state index is 12.3.